The molecular formula is C40H24F14N3O6P3. The molecule has 0 amide bonds. The second-order valence-corrected chi connectivity index (χ2v) is 19.5. The van der Waals surface area contributed by atoms with E-state index in [1.807, 2.05) is 0 Å². The third kappa shape index (κ3) is 11.8. The minimum atomic E-state index is -5.49. The average Bonchev–Trinajstić information content (AvgIpc) is 3.19. The molecule has 0 atom stereocenters. The predicted molar refractivity (Wildman–Crippen MR) is 210 cm³/mol. The summed E-state index contributed by atoms with van der Waals surface area (Å²) in [5.41, 5.74) is -5.58. The van der Waals surface area contributed by atoms with E-state index in [9.17, 15) is 61.5 Å². The molecule has 0 aliphatic carbocycles. The Morgan fingerprint density at radius 3 is 0.682 bits per heavy atom. The fourth-order valence-corrected chi connectivity index (χ4v) is 14.6. The minimum absolute atomic E-state index is 0.358. The molecule has 66 heavy (non-hydrogen) atoms. The van der Waals surface area contributed by atoms with Crippen LogP contribution in [0.3, 0.4) is 0 Å². The number of nitrogens with zero attached hydrogens (tertiary/aromatic N) is 3. The van der Waals surface area contributed by atoms with Gasteiger partial charge in [-0.05, 0) is 97.1 Å². The van der Waals surface area contributed by atoms with Crippen LogP contribution >= 0.6 is 23.0 Å². The molecule has 1 aliphatic heterocycles. The van der Waals surface area contributed by atoms with Gasteiger partial charge in [0.25, 0.3) is 0 Å². The Morgan fingerprint density at radius 1 is 0.288 bits per heavy atom. The number of hydrogen-bond donors (Lipinski definition) is 0. The summed E-state index contributed by atoms with van der Waals surface area (Å²) in [7, 11) is -16.3. The van der Waals surface area contributed by atoms with E-state index in [0.29, 0.717) is 60.7 Å². The molecule has 0 bridgehead atoms. The molecule has 26 heteroatoms. The summed E-state index contributed by atoms with van der Waals surface area (Å²) in [5.74, 6) is -6.67. The standard InChI is InChI=1S/C40H24F14N3O6P3/c41-29-11-5-17-35(23-29)62-66(63-36-18-6-12-30(42)24-36)56-64(58-31-13-1-7-25(19-31)37(43,44)45,59-32-14-2-8-26(20-32)38(46,47)48)55-65(57-66,60-33-15-3-9-27(21-33)39(49,50)51)61-34-16-4-10-28(22-34)40(52,53)54/h1-24H. The molecule has 0 saturated carbocycles. The summed E-state index contributed by atoms with van der Waals surface area (Å²) in [4.78, 5) is 0. The summed E-state index contributed by atoms with van der Waals surface area (Å²) >= 11 is 0. The van der Waals surface area contributed by atoms with Crippen molar-refractivity contribution < 1.29 is 88.6 Å². The van der Waals surface area contributed by atoms with Gasteiger partial charge in [0.15, 0.2) is 0 Å². The Labute approximate surface area is 363 Å². The average molecular weight is 1000 g/mol. The molecule has 0 saturated heterocycles. The third-order valence-corrected chi connectivity index (χ3v) is 16.4. The number of rotatable bonds is 12. The van der Waals surface area contributed by atoms with Crippen LogP contribution in [0.4, 0.5) is 61.5 Å². The van der Waals surface area contributed by atoms with E-state index >= 15 is 0 Å². The Hall–Kier alpha value is -6.17. The Kier molecular flexibility index (Phi) is 13.0. The van der Waals surface area contributed by atoms with Gasteiger partial charge in [-0.2, -0.15) is 52.7 Å². The summed E-state index contributed by atoms with van der Waals surface area (Å²) in [6.07, 6.45) is -20.3. The number of alkyl halides is 12. The molecule has 1 aliphatic rings. The van der Waals surface area contributed by atoms with Crippen molar-refractivity contribution in [3.63, 3.8) is 0 Å². The molecule has 0 radical (unpaired) electrons. The maximum Gasteiger partial charge on any atom is 0.460 e. The van der Waals surface area contributed by atoms with E-state index in [2.05, 4.69) is 13.5 Å². The molecule has 0 fully saturated rings. The first kappa shape index (κ1) is 47.8. The van der Waals surface area contributed by atoms with Gasteiger partial charge in [0.05, 0.1) is 22.3 Å². The normalized spacial score (nSPS) is 15.5. The second kappa shape index (κ2) is 17.9. The smallest absolute Gasteiger partial charge is 0.413 e. The molecule has 1 heterocycles. The highest BCUT2D eigenvalue weighted by Crippen LogP contribution is 2.79. The summed E-state index contributed by atoms with van der Waals surface area (Å²) in [5, 5.41) is 0. The van der Waals surface area contributed by atoms with Crippen molar-refractivity contribution in [1.82, 2.24) is 0 Å². The van der Waals surface area contributed by atoms with Gasteiger partial charge in [-0.1, -0.05) is 49.9 Å². The van der Waals surface area contributed by atoms with Crippen LogP contribution < -0.4 is 27.1 Å². The van der Waals surface area contributed by atoms with E-state index in [4.69, 9.17) is 27.1 Å². The first-order valence-electron chi connectivity index (χ1n) is 18.1. The van der Waals surface area contributed by atoms with Crippen LogP contribution in [0.25, 0.3) is 0 Å². The lowest BCUT2D eigenvalue weighted by molar-refractivity contribution is -0.138. The number of halogens is 14. The van der Waals surface area contributed by atoms with Crippen molar-refractivity contribution in [2.24, 2.45) is 13.5 Å². The van der Waals surface area contributed by atoms with E-state index in [1.165, 1.54) is 0 Å². The quantitative estimate of drug-likeness (QED) is 0.0896. The fourth-order valence-electron chi connectivity index (χ4n) is 5.55. The van der Waals surface area contributed by atoms with E-state index < -0.39 is 116 Å². The van der Waals surface area contributed by atoms with Gasteiger partial charge in [-0.25, -0.2) is 8.78 Å². The molecule has 6 aromatic rings. The Bertz CT molecular complexity index is 2640. The van der Waals surface area contributed by atoms with E-state index in [0.717, 1.165) is 84.9 Å². The molecule has 0 spiro atoms. The van der Waals surface area contributed by atoms with Gasteiger partial charge in [-0.15, -0.1) is 0 Å². The zero-order chi connectivity index (χ0) is 47.8. The van der Waals surface area contributed by atoms with Crippen molar-refractivity contribution >= 4 is 23.0 Å². The van der Waals surface area contributed by atoms with Crippen LogP contribution in [-0.4, -0.2) is 0 Å². The Morgan fingerprint density at radius 2 is 0.485 bits per heavy atom. The maximum atomic E-state index is 14.8. The van der Waals surface area contributed by atoms with E-state index in [-0.39, 0.29) is 0 Å². The highest BCUT2D eigenvalue weighted by molar-refractivity contribution is 7.79. The zero-order valence-corrected chi connectivity index (χ0v) is 35.0. The third-order valence-electron chi connectivity index (χ3n) is 8.26. The highest BCUT2D eigenvalue weighted by Gasteiger charge is 2.50. The number of benzene rings is 6. The van der Waals surface area contributed by atoms with Crippen LogP contribution in [-0.2, 0) is 24.7 Å². The van der Waals surface area contributed by atoms with Crippen molar-refractivity contribution in [3.8, 4) is 34.5 Å². The lowest BCUT2D eigenvalue weighted by atomic mass is 10.2. The van der Waals surface area contributed by atoms with Crippen LogP contribution in [0, 0.1) is 11.6 Å². The topological polar surface area (TPSA) is 92.5 Å². The summed E-state index contributed by atoms with van der Waals surface area (Å²) in [6, 6.07) is 17.9. The lowest BCUT2D eigenvalue weighted by Crippen LogP contribution is -2.12. The largest absolute Gasteiger partial charge is 0.460 e. The highest BCUT2D eigenvalue weighted by atomic mass is 31.3. The van der Waals surface area contributed by atoms with Crippen LogP contribution in [0.2, 0.25) is 0 Å². The first-order chi connectivity index (χ1) is 30.8. The monoisotopic (exact) mass is 1000 g/mol. The van der Waals surface area contributed by atoms with Gasteiger partial charge in [0.1, 0.15) is 46.1 Å². The summed E-state index contributed by atoms with van der Waals surface area (Å²) < 4.78 is 248. The first-order valence-corrected chi connectivity index (χ1v) is 22.7. The van der Waals surface area contributed by atoms with Crippen LogP contribution in [0.15, 0.2) is 159 Å². The van der Waals surface area contributed by atoms with Crippen LogP contribution in [0.5, 0.6) is 34.5 Å². The van der Waals surface area contributed by atoms with Crippen molar-refractivity contribution in [1.29, 1.82) is 0 Å². The molecule has 6 aromatic carbocycles. The van der Waals surface area contributed by atoms with Crippen molar-refractivity contribution in [2.45, 2.75) is 24.7 Å². The van der Waals surface area contributed by atoms with Gasteiger partial charge in [0, 0.05) is 12.1 Å². The molecule has 348 valence electrons. The van der Waals surface area contributed by atoms with Crippen molar-refractivity contribution in [3.05, 3.63) is 179 Å². The van der Waals surface area contributed by atoms with E-state index in [1.54, 1.807) is 0 Å². The fraction of sp³-hybridized carbons (Fsp3) is 0.100. The lowest BCUT2D eigenvalue weighted by Gasteiger charge is -2.33. The Balaban J connectivity index is 1.64. The molecule has 9 nitrogen and oxygen atoms in total. The number of hydrogen-bond acceptors (Lipinski definition) is 9. The van der Waals surface area contributed by atoms with Gasteiger partial charge in [0.2, 0.25) is 0 Å². The van der Waals surface area contributed by atoms with Crippen molar-refractivity contribution in [2.75, 3.05) is 0 Å². The van der Waals surface area contributed by atoms with Crippen LogP contribution in [0.1, 0.15) is 22.3 Å². The molecular weight excluding hydrogens is 977 g/mol. The molecule has 7 rings (SSSR count). The summed E-state index contributed by atoms with van der Waals surface area (Å²) in [6.45, 7) is 0. The van der Waals surface area contributed by atoms with Gasteiger partial charge >= 0.3 is 47.7 Å². The molecule has 0 N–H and O–H groups in total. The molecule has 0 unspecified atom stereocenters. The zero-order valence-electron chi connectivity index (χ0n) is 32.3. The molecule has 0 aromatic heterocycles. The van der Waals surface area contributed by atoms with Gasteiger partial charge < -0.3 is 27.1 Å². The SMILES string of the molecule is Fc1cccc(OP2(Oc3cccc(F)c3)=NP(Oc3cccc(C(F)(F)F)c3)(Oc3cccc(C(F)(F)F)c3)=NP(Oc3cccc(C(F)(F)F)c3)(Oc3cccc(C(F)(F)F)c3)=N2)c1. The maximum absolute atomic E-state index is 14.8. The minimum Gasteiger partial charge on any atom is -0.413 e. The predicted octanol–water partition coefficient (Wildman–Crippen LogP) is 16.7. The van der Waals surface area contributed by atoms with Gasteiger partial charge in [-0.3, -0.25) is 0 Å². The second-order valence-electron chi connectivity index (χ2n) is 13.3.